The fourth-order valence-electron chi connectivity index (χ4n) is 7.45. The van der Waals surface area contributed by atoms with E-state index >= 15 is 4.39 Å². The van der Waals surface area contributed by atoms with Crippen LogP contribution >= 0.6 is 11.3 Å². The van der Waals surface area contributed by atoms with Crippen LogP contribution in [0.25, 0.3) is 43.1 Å². The maximum atomic E-state index is 16.7. The van der Waals surface area contributed by atoms with Crippen molar-refractivity contribution in [2.75, 3.05) is 12.4 Å². The average molecular weight is 700 g/mol. The monoisotopic (exact) mass is 699 g/mol. The Morgan fingerprint density at radius 3 is 2.47 bits per heavy atom. The van der Waals surface area contributed by atoms with E-state index in [1.54, 1.807) is 12.1 Å². The summed E-state index contributed by atoms with van der Waals surface area (Å²) in [5.41, 5.74) is 0.998. The molecular weight excluding hydrogens is 669 g/mol. The van der Waals surface area contributed by atoms with Crippen LogP contribution in [0, 0.1) is 36.3 Å². The number of pyridine rings is 1. The van der Waals surface area contributed by atoms with Crippen molar-refractivity contribution in [1.82, 2.24) is 18.9 Å². The number of halogens is 2. The molecule has 4 aromatic heterocycles. The van der Waals surface area contributed by atoms with Gasteiger partial charge in [-0.25, -0.2) is 36.1 Å². The maximum absolute atomic E-state index is 16.7. The lowest BCUT2D eigenvalue weighted by Gasteiger charge is -2.47. The number of rotatable bonds is 7. The highest BCUT2D eigenvalue weighted by Crippen LogP contribution is 2.47. The van der Waals surface area contributed by atoms with Crippen molar-refractivity contribution >= 4 is 54.3 Å². The predicted molar refractivity (Wildman–Crippen MR) is 184 cm³/mol. The molecule has 13 heteroatoms. The molecule has 1 N–H and O–H groups in total. The van der Waals surface area contributed by atoms with Gasteiger partial charge in [0.1, 0.15) is 11.5 Å². The van der Waals surface area contributed by atoms with Crippen LogP contribution in [0.1, 0.15) is 31.2 Å². The molecule has 0 aliphatic heterocycles. The summed E-state index contributed by atoms with van der Waals surface area (Å²) in [7, 11) is -2.83. The van der Waals surface area contributed by atoms with Crippen molar-refractivity contribution in [3.05, 3.63) is 90.3 Å². The quantitative estimate of drug-likeness (QED) is 0.170. The smallest absolute Gasteiger partial charge is 0.311 e. The van der Waals surface area contributed by atoms with Crippen LogP contribution < -0.4 is 5.32 Å². The van der Waals surface area contributed by atoms with Crippen molar-refractivity contribution < 1.29 is 26.7 Å². The molecule has 49 heavy (non-hydrogen) atoms. The zero-order chi connectivity index (χ0) is 34.0. The fraction of sp³-hybridized carbons (Fsp3) is 0.278. The van der Waals surface area contributed by atoms with E-state index in [1.165, 1.54) is 42.8 Å². The van der Waals surface area contributed by atoms with Gasteiger partial charge in [0.05, 0.1) is 29.0 Å². The van der Waals surface area contributed by atoms with Gasteiger partial charge in [-0.2, -0.15) is 0 Å². The average Bonchev–Trinajstić information content (AvgIpc) is 3.72. The lowest BCUT2D eigenvalue weighted by Crippen LogP contribution is -2.52. The van der Waals surface area contributed by atoms with Crippen molar-refractivity contribution in [2.45, 2.75) is 43.5 Å². The van der Waals surface area contributed by atoms with Gasteiger partial charge in [0, 0.05) is 27.9 Å². The largest absolute Gasteiger partial charge is 0.469 e. The Labute approximate surface area is 285 Å². The molecule has 6 aromatic rings. The van der Waals surface area contributed by atoms with Crippen molar-refractivity contribution in [3.63, 3.8) is 0 Å². The third kappa shape index (κ3) is 5.35. The summed E-state index contributed by atoms with van der Waals surface area (Å²) in [5, 5.41) is 4.33. The molecule has 3 aliphatic rings. The summed E-state index contributed by atoms with van der Waals surface area (Å²) in [4.78, 5) is 27.1. The zero-order valence-corrected chi connectivity index (χ0v) is 28.2. The minimum atomic E-state index is -4.19. The fourth-order valence-corrected chi connectivity index (χ4v) is 9.83. The number of fused-ring (bicyclic) bond motifs is 5. The molecule has 9 rings (SSSR count). The number of carbonyl (C=O) groups excluding carboxylic acids is 1. The third-order valence-corrected chi connectivity index (χ3v) is 12.7. The van der Waals surface area contributed by atoms with Gasteiger partial charge in [-0.15, -0.1) is 11.3 Å². The van der Waals surface area contributed by atoms with Crippen LogP contribution in [0.3, 0.4) is 0 Å². The minimum absolute atomic E-state index is 0.00376. The van der Waals surface area contributed by atoms with Crippen LogP contribution in [-0.2, 0) is 19.6 Å². The summed E-state index contributed by atoms with van der Waals surface area (Å²) in [6, 6.07) is 16.6. The van der Waals surface area contributed by atoms with Crippen LogP contribution in [0.15, 0.2) is 78.0 Å². The van der Waals surface area contributed by atoms with Gasteiger partial charge in [0.25, 0.3) is 10.0 Å². The summed E-state index contributed by atoms with van der Waals surface area (Å²) in [6.07, 6.45) is 5.79. The number of carbonyl (C=O) groups is 1. The van der Waals surface area contributed by atoms with Gasteiger partial charge in [0.2, 0.25) is 0 Å². The number of nitrogens with one attached hydrogen (secondary N) is 1. The molecule has 2 aromatic carbocycles. The number of esters is 1. The number of aryl methyl sites for hydroxylation is 1. The summed E-state index contributed by atoms with van der Waals surface area (Å²) < 4.78 is 66.5. The molecule has 3 fully saturated rings. The number of nitrogens with zero attached hydrogens (tertiary/aromatic N) is 4. The number of thiophene rings is 1. The van der Waals surface area contributed by atoms with Crippen LogP contribution in [0.4, 0.5) is 14.6 Å². The van der Waals surface area contributed by atoms with E-state index < -0.39 is 33.6 Å². The van der Waals surface area contributed by atoms with Crippen molar-refractivity contribution in [2.24, 2.45) is 17.8 Å². The normalized spacial score (nSPS) is 20.6. The SMILES string of the molecule is COC(=O)C1C2CCC(CC2)C1Nc1nc(-c2cn(S(=O)(=O)c3ccc(C)cc3)c3ncc(F)cc23)nc(-c2cc3ccccc3s2)c1F. The highest BCUT2D eigenvalue weighted by Gasteiger charge is 2.48. The molecule has 4 heterocycles. The van der Waals surface area contributed by atoms with E-state index in [1.807, 2.05) is 37.3 Å². The van der Waals surface area contributed by atoms with Gasteiger partial charge >= 0.3 is 5.97 Å². The number of anilines is 1. The first-order valence-electron chi connectivity index (χ1n) is 16.0. The number of aromatic nitrogens is 4. The van der Waals surface area contributed by atoms with Gasteiger partial charge in [-0.05, 0) is 80.2 Å². The first-order valence-corrected chi connectivity index (χ1v) is 18.3. The Bertz CT molecular complexity index is 2330. The first kappa shape index (κ1) is 31.5. The summed E-state index contributed by atoms with van der Waals surface area (Å²) in [6.45, 7) is 1.85. The molecule has 2 atom stereocenters. The highest BCUT2D eigenvalue weighted by molar-refractivity contribution is 7.90. The van der Waals surface area contributed by atoms with Gasteiger partial charge in [-0.3, -0.25) is 4.79 Å². The number of hydrogen-bond donors (Lipinski definition) is 1. The Morgan fingerprint density at radius 2 is 1.73 bits per heavy atom. The van der Waals surface area contributed by atoms with E-state index in [0.29, 0.717) is 4.88 Å². The predicted octanol–water partition coefficient (Wildman–Crippen LogP) is 7.59. The van der Waals surface area contributed by atoms with E-state index in [9.17, 15) is 17.6 Å². The number of hydrogen-bond acceptors (Lipinski definition) is 9. The molecule has 0 saturated heterocycles. The van der Waals surface area contributed by atoms with Gasteiger partial charge in [-0.1, -0.05) is 35.9 Å². The third-order valence-electron chi connectivity index (χ3n) is 9.90. The summed E-state index contributed by atoms with van der Waals surface area (Å²) in [5.74, 6) is -2.19. The van der Waals surface area contributed by atoms with E-state index in [-0.39, 0.29) is 56.6 Å². The Morgan fingerprint density at radius 1 is 1.00 bits per heavy atom. The van der Waals surface area contributed by atoms with E-state index in [4.69, 9.17) is 4.74 Å². The van der Waals surface area contributed by atoms with Crippen LogP contribution in [0.5, 0.6) is 0 Å². The van der Waals surface area contributed by atoms with Crippen LogP contribution in [0.2, 0.25) is 0 Å². The van der Waals surface area contributed by atoms with E-state index in [0.717, 1.165) is 51.5 Å². The van der Waals surface area contributed by atoms with E-state index in [2.05, 4.69) is 20.3 Å². The second-order valence-electron chi connectivity index (χ2n) is 12.8. The number of ether oxygens (including phenoxy) is 1. The Balaban J connectivity index is 1.33. The molecule has 2 bridgehead atoms. The zero-order valence-electron chi connectivity index (χ0n) is 26.6. The lowest BCUT2D eigenvalue weighted by atomic mass is 9.61. The molecule has 2 unspecified atom stereocenters. The highest BCUT2D eigenvalue weighted by atomic mass is 32.2. The lowest BCUT2D eigenvalue weighted by molar-refractivity contribution is -0.152. The first-order chi connectivity index (χ1) is 23.6. The minimum Gasteiger partial charge on any atom is -0.469 e. The van der Waals surface area contributed by atoms with Gasteiger partial charge in [0.15, 0.2) is 23.1 Å². The molecule has 3 saturated carbocycles. The van der Waals surface area contributed by atoms with Crippen molar-refractivity contribution in [1.29, 1.82) is 0 Å². The molecule has 0 radical (unpaired) electrons. The topological polar surface area (TPSA) is 116 Å². The molecule has 9 nitrogen and oxygen atoms in total. The summed E-state index contributed by atoms with van der Waals surface area (Å²) >= 11 is 1.35. The number of benzene rings is 2. The Hall–Kier alpha value is -4.75. The second kappa shape index (κ2) is 12.0. The molecular formula is C36H31F2N5O4S2. The molecule has 3 aliphatic carbocycles. The Kier molecular flexibility index (Phi) is 7.71. The van der Waals surface area contributed by atoms with Crippen LogP contribution in [-0.4, -0.2) is 46.5 Å². The maximum Gasteiger partial charge on any atom is 0.311 e. The second-order valence-corrected chi connectivity index (χ2v) is 15.7. The molecule has 0 amide bonds. The van der Waals surface area contributed by atoms with Crippen molar-refractivity contribution in [3.8, 4) is 22.0 Å². The van der Waals surface area contributed by atoms with Gasteiger partial charge < -0.3 is 10.1 Å². The molecule has 250 valence electrons. The number of methoxy groups -OCH3 is 1. The molecule has 0 spiro atoms. The standard InChI is InChI=1S/C36H31F2N5O4S2/c1-19-7-13-24(14-8-19)49(45,46)43-18-26(25-16-23(37)17-39-35(25)43)33-41-32(28-15-22-5-3-4-6-27(22)48-28)30(38)34(42-33)40-31-21-11-9-20(10-12-21)29(31)36(44)47-2/h3-8,13-18,20-21,29,31H,9-12H2,1-2H3,(H,40,41,42).